The van der Waals surface area contributed by atoms with Crippen LogP contribution in [0.1, 0.15) is 6.42 Å². The minimum atomic E-state index is -4.66. The van der Waals surface area contributed by atoms with Gasteiger partial charge >= 0.3 is 12.1 Å². The number of hydrogen-bond donors (Lipinski definition) is 1. The van der Waals surface area contributed by atoms with Crippen molar-refractivity contribution in [3.63, 3.8) is 0 Å². The molecule has 0 spiro atoms. The van der Waals surface area contributed by atoms with E-state index < -0.39 is 24.1 Å². The number of alkyl halides is 3. The van der Waals surface area contributed by atoms with Crippen LogP contribution in [-0.2, 0) is 4.79 Å². The van der Waals surface area contributed by atoms with Crippen LogP contribution in [0.2, 0.25) is 0 Å². The van der Waals surface area contributed by atoms with Gasteiger partial charge in [0.05, 0.1) is 0 Å². The molecule has 1 aliphatic rings. The zero-order valence-electron chi connectivity index (χ0n) is 7.06. The fraction of sp³-hybridized carbons (Fsp3) is 0.857. The molecule has 0 saturated carbocycles. The van der Waals surface area contributed by atoms with Gasteiger partial charge in [-0.3, -0.25) is 4.79 Å². The smallest absolute Gasteiger partial charge is 0.406 e. The van der Waals surface area contributed by atoms with E-state index in [1.807, 2.05) is 0 Å². The molecule has 1 saturated heterocycles. The molecule has 1 N–H and O–H groups in total. The Balaban J connectivity index is 2.97. The molecule has 1 atom stereocenters. The number of likely N-dealkylation sites (tertiary alicyclic amines) is 1. The molecule has 76 valence electrons. The van der Waals surface area contributed by atoms with Gasteiger partial charge < -0.3 is 10.0 Å². The molecule has 0 radical (unpaired) electrons. The fourth-order valence-electron chi connectivity index (χ4n) is 1.53. The number of halogens is 3. The summed E-state index contributed by atoms with van der Waals surface area (Å²) < 4.78 is 37.3. The SMILES string of the molecule is CN1CCC(C(=O)O)(C(F)(F)F)C1. The van der Waals surface area contributed by atoms with Gasteiger partial charge in [0.15, 0.2) is 5.41 Å². The number of aliphatic carboxylic acids is 1. The van der Waals surface area contributed by atoms with E-state index in [9.17, 15) is 18.0 Å². The summed E-state index contributed by atoms with van der Waals surface area (Å²) in [6.45, 7) is -0.280. The van der Waals surface area contributed by atoms with Crippen molar-refractivity contribution in [1.82, 2.24) is 4.90 Å². The minimum Gasteiger partial charge on any atom is -0.481 e. The van der Waals surface area contributed by atoms with Crippen molar-refractivity contribution < 1.29 is 23.1 Å². The van der Waals surface area contributed by atoms with Gasteiger partial charge in [-0.2, -0.15) is 13.2 Å². The van der Waals surface area contributed by atoms with Crippen molar-refractivity contribution in [3.05, 3.63) is 0 Å². The van der Waals surface area contributed by atoms with E-state index in [1.165, 1.54) is 11.9 Å². The third-order valence-corrected chi connectivity index (χ3v) is 2.41. The Morgan fingerprint density at radius 3 is 2.23 bits per heavy atom. The van der Waals surface area contributed by atoms with Gasteiger partial charge in [0.1, 0.15) is 0 Å². The van der Waals surface area contributed by atoms with Crippen molar-refractivity contribution in [2.24, 2.45) is 5.41 Å². The van der Waals surface area contributed by atoms with Crippen LogP contribution >= 0.6 is 0 Å². The van der Waals surface area contributed by atoms with Crippen LogP contribution in [0, 0.1) is 5.41 Å². The highest BCUT2D eigenvalue weighted by Gasteiger charge is 2.63. The highest BCUT2D eigenvalue weighted by Crippen LogP contribution is 2.45. The van der Waals surface area contributed by atoms with Gasteiger partial charge in [0.2, 0.25) is 0 Å². The maximum Gasteiger partial charge on any atom is 0.406 e. The summed E-state index contributed by atoms with van der Waals surface area (Å²) in [7, 11) is 1.48. The van der Waals surface area contributed by atoms with Crippen molar-refractivity contribution in [2.45, 2.75) is 12.6 Å². The van der Waals surface area contributed by atoms with E-state index in [2.05, 4.69) is 0 Å². The fourth-order valence-corrected chi connectivity index (χ4v) is 1.53. The molecule has 1 heterocycles. The number of nitrogens with zero attached hydrogens (tertiary/aromatic N) is 1. The molecule has 3 nitrogen and oxygen atoms in total. The van der Waals surface area contributed by atoms with Crippen LogP contribution in [0.3, 0.4) is 0 Å². The largest absolute Gasteiger partial charge is 0.481 e. The topological polar surface area (TPSA) is 40.5 Å². The molecule has 1 rings (SSSR count). The summed E-state index contributed by atoms with van der Waals surface area (Å²) in [6.07, 6.45) is -5.02. The molecular formula is C7H10F3NO2. The maximum atomic E-state index is 12.4. The number of carboxylic acid groups (broad SMARTS) is 1. The zero-order chi connectivity index (χ0) is 10.3. The highest BCUT2D eigenvalue weighted by atomic mass is 19.4. The lowest BCUT2D eigenvalue weighted by atomic mass is 9.86. The zero-order valence-corrected chi connectivity index (χ0v) is 7.06. The molecular weight excluding hydrogens is 187 g/mol. The van der Waals surface area contributed by atoms with E-state index in [0.29, 0.717) is 0 Å². The van der Waals surface area contributed by atoms with Crippen LogP contribution in [0.5, 0.6) is 0 Å². The third-order valence-electron chi connectivity index (χ3n) is 2.41. The molecule has 13 heavy (non-hydrogen) atoms. The maximum absolute atomic E-state index is 12.4. The summed E-state index contributed by atoms with van der Waals surface area (Å²) >= 11 is 0. The van der Waals surface area contributed by atoms with Gasteiger partial charge in [0, 0.05) is 6.54 Å². The first-order valence-corrected chi connectivity index (χ1v) is 3.78. The van der Waals surface area contributed by atoms with E-state index in [4.69, 9.17) is 5.11 Å². The van der Waals surface area contributed by atoms with E-state index in [1.54, 1.807) is 0 Å². The second kappa shape index (κ2) is 2.87. The van der Waals surface area contributed by atoms with Crippen molar-refractivity contribution in [2.75, 3.05) is 20.1 Å². The number of hydrogen-bond acceptors (Lipinski definition) is 2. The van der Waals surface area contributed by atoms with Crippen molar-refractivity contribution in [3.8, 4) is 0 Å². The Bertz CT molecular complexity index is 228. The monoisotopic (exact) mass is 197 g/mol. The van der Waals surface area contributed by atoms with E-state index in [-0.39, 0.29) is 13.0 Å². The third kappa shape index (κ3) is 1.50. The molecule has 0 amide bonds. The van der Waals surface area contributed by atoms with Crippen LogP contribution in [0.15, 0.2) is 0 Å². The first-order chi connectivity index (χ1) is 5.79. The summed E-state index contributed by atoms with van der Waals surface area (Å²) in [5, 5.41) is 8.57. The van der Waals surface area contributed by atoms with Gasteiger partial charge in [0.25, 0.3) is 0 Å². The molecule has 1 fully saturated rings. The van der Waals surface area contributed by atoms with Gasteiger partial charge in [-0.1, -0.05) is 0 Å². The Hall–Kier alpha value is -0.780. The Morgan fingerprint density at radius 2 is 2.08 bits per heavy atom. The Kier molecular flexibility index (Phi) is 2.27. The summed E-state index contributed by atoms with van der Waals surface area (Å²) in [5.74, 6) is -1.77. The minimum absolute atomic E-state index is 0.172. The van der Waals surface area contributed by atoms with Gasteiger partial charge in [-0.05, 0) is 20.0 Å². The average molecular weight is 197 g/mol. The molecule has 0 aliphatic carbocycles. The number of carboxylic acids is 1. The molecule has 6 heteroatoms. The molecule has 1 unspecified atom stereocenters. The average Bonchev–Trinajstić information content (AvgIpc) is 2.30. The standard InChI is InChI=1S/C7H10F3NO2/c1-11-3-2-6(4-11,5(12)13)7(8,9)10/h2-4H2,1H3,(H,12,13). The molecule has 1 aliphatic heterocycles. The predicted molar refractivity (Wildman–Crippen MR) is 38.2 cm³/mol. The quantitative estimate of drug-likeness (QED) is 0.680. The molecule has 0 bridgehead atoms. The van der Waals surface area contributed by atoms with Crippen LogP contribution in [-0.4, -0.2) is 42.3 Å². The Labute approximate surface area is 73.1 Å². The van der Waals surface area contributed by atoms with E-state index >= 15 is 0 Å². The van der Waals surface area contributed by atoms with Crippen LogP contribution < -0.4 is 0 Å². The molecule has 0 aromatic heterocycles. The lowest BCUT2D eigenvalue weighted by Gasteiger charge is -2.26. The number of rotatable bonds is 1. The van der Waals surface area contributed by atoms with Gasteiger partial charge in [-0.15, -0.1) is 0 Å². The predicted octanol–water partition coefficient (Wildman–Crippen LogP) is 0.955. The van der Waals surface area contributed by atoms with E-state index in [0.717, 1.165) is 0 Å². The normalized spacial score (nSPS) is 30.8. The van der Waals surface area contributed by atoms with Crippen LogP contribution in [0.4, 0.5) is 13.2 Å². The van der Waals surface area contributed by atoms with Gasteiger partial charge in [-0.25, -0.2) is 0 Å². The van der Waals surface area contributed by atoms with Crippen molar-refractivity contribution >= 4 is 5.97 Å². The Morgan fingerprint density at radius 1 is 1.54 bits per heavy atom. The number of carbonyl (C=O) groups is 1. The second-order valence-electron chi connectivity index (χ2n) is 3.37. The molecule has 0 aromatic carbocycles. The van der Waals surface area contributed by atoms with Crippen LogP contribution in [0.25, 0.3) is 0 Å². The summed E-state index contributed by atoms with van der Waals surface area (Å²) in [6, 6.07) is 0. The lowest BCUT2D eigenvalue weighted by Crippen LogP contribution is -2.46. The lowest BCUT2D eigenvalue weighted by molar-refractivity contribution is -0.227. The highest BCUT2D eigenvalue weighted by molar-refractivity contribution is 5.76. The second-order valence-corrected chi connectivity index (χ2v) is 3.37. The van der Waals surface area contributed by atoms with Crippen molar-refractivity contribution in [1.29, 1.82) is 0 Å². The molecule has 0 aromatic rings. The summed E-state index contributed by atoms with van der Waals surface area (Å²) in [5.41, 5.74) is -2.55. The first kappa shape index (κ1) is 10.3. The summed E-state index contributed by atoms with van der Waals surface area (Å²) in [4.78, 5) is 11.9. The first-order valence-electron chi connectivity index (χ1n) is 3.78.